The first-order chi connectivity index (χ1) is 11.8. The van der Waals surface area contributed by atoms with Crippen LogP contribution < -0.4 is 5.32 Å². The highest BCUT2D eigenvalue weighted by Gasteiger charge is 2.13. The number of sulfone groups is 1. The highest BCUT2D eigenvalue weighted by molar-refractivity contribution is 7.90. The Morgan fingerprint density at radius 2 is 1.96 bits per heavy atom. The van der Waals surface area contributed by atoms with Gasteiger partial charge in [0.05, 0.1) is 23.0 Å². The van der Waals surface area contributed by atoms with Crippen LogP contribution in [0.15, 0.2) is 47.6 Å². The van der Waals surface area contributed by atoms with Crippen molar-refractivity contribution in [2.75, 3.05) is 11.6 Å². The standard InChI is InChI=1S/C17H18N4O3S/c1-11(2)21-16-13(9-19-21)7-14(10-18-16)20-17(22)12-5-4-6-15(8-12)25(3,23)24/h4-11H,1-3H3,(H,20,22). The van der Waals surface area contributed by atoms with Gasteiger partial charge in [0.1, 0.15) is 0 Å². The van der Waals surface area contributed by atoms with Crippen LogP contribution >= 0.6 is 0 Å². The number of nitrogens with one attached hydrogen (secondary N) is 1. The molecule has 0 spiro atoms. The minimum Gasteiger partial charge on any atom is -0.321 e. The Morgan fingerprint density at radius 3 is 2.64 bits per heavy atom. The summed E-state index contributed by atoms with van der Waals surface area (Å²) >= 11 is 0. The summed E-state index contributed by atoms with van der Waals surface area (Å²) in [6, 6.07) is 7.88. The fraction of sp³-hybridized carbons (Fsp3) is 0.235. The molecule has 0 saturated carbocycles. The Labute approximate surface area is 145 Å². The van der Waals surface area contributed by atoms with Crippen LogP contribution in [0.25, 0.3) is 11.0 Å². The quantitative estimate of drug-likeness (QED) is 0.774. The number of carbonyl (C=O) groups is 1. The molecule has 1 aromatic carbocycles. The molecule has 7 nitrogen and oxygen atoms in total. The second kappa shape index (κ2) is 6.29. The van der Waals surface area contributed by atoms with E-state index in [-0.39, 0.29) is 16.5 Å². The zero-order valence-electron chi connectivity index (χ0n) is 14.1. The molecule has 25 heavy (non-hydrogen) atoms. The molecule has 2 aromatic heterocycles. The molecule has 0 unspecified atom stereocenters. The lowest BCUT2D eigenvalue weighted by Crippen LogP contribution is -2.13. The number of rotatable bonds is 4. The predicted molar refractivity (Wildman–Crippen MR) is 95.4 cm³/mol. The van der Waals surface area contributed by atoms with E-state index in [9.17, 15) is 13.2 Å². The van der Waals surface area contributed by atoms with Gasteiger partial charge in [0.2, 0.25) is 0 Å². The molecule has 0 radical (unpaired) electrons. The van der Waals surface area contributed by atoms with Crippen LogP contribution in [0.4, 0.5) is 5.69 Å². The van der Waals surface area contributed by atoms with Gasteiger partial charge in [-0.3, -0.25) is 4.79 Å². The second-order valence-corrected chi connectivity index (χ2v) is 8.09. The van der Waals surface area contributed by atoms with Crippen LogP contribution in [-0.2, 0) is 9.84 Å². The molecule has 0 aliphatic rings. The van der Waals surface area contributed by atoms with Gasteiger partial charge in [0, 0.05) is 23.2 Å². The molecule has 1 N–H and O–H groups in total. The number of benzene rings is 1. The van der Waals surface area contributed by atoms with Crippen molar-refractivity contribution in [3.63, 3.8) is 0 Å². The molecule has 0 fully saturated rings. The zero-order chi connectivity index (χ0) is 18.2. The number of amides is 1. The maximum Gasteiger partial charge on any atom is 0.255 e. The van der Waals surface area contributed by atoms with Crippen molar-refractivity contribution in [3.05, 3.63) is 48.3 Å². The summed E-state index contributed by atoms with van der Waals surface area (Å²) in [5, 5.41) is 7.84. The number of hydrogen-bond acceptors (Lipinski definition) is 5. The molecule has 3 aromatic rings. The van der Waals surface area contributed by atoms with Crippen LogP contribution in [0.5, 0.6) is 0 Å². The number of carbonyl (C=O) groups excluding carboxylic acids is 1. The molecule has 3 rings (SSSR count). The average Bonchev–Trinajstić information content (AvgIpc) is 2.97. The van der Waals surface area contributed by atoms with E-state index < -0.39 is 15.7 Å². The number of anilines is 1. The van der Waals surface area contributed by atoms with E-state index >= 15 is 0 Å². The Kier molecular flexibility index (Phi) is 4.30. The van der Waals surface area contributed by atoms with Gasteiger partial charge in [-0.2, -0.15) is 5.10 Å². The molecule has 0 atom stereocenters. The Hall–Kier alpha value is -2.74. The van der Waals surface area contributed by atoms with Crippen LogP contribution in [0, 0.1) is 0 Å². The van der Waals surface area contributed by atoms with Gasteiger partial charge in [0.25, 0.3) is 5.91 Å². The van der Waals surface area contributed by atoms with Crippen molar-refractivity contribution in [2.24, 2.45) is 0 Å². The third-order valence-electron chi connectivity index (χ3n) is 3.70. The summed E-state index contributed by atoms with van der Waals surface area (Å²) < 4.78 is 25.0. The topological polar surface area (TPSA) is 94.0 Å². The number of aromatic nitrogens is 3. The number of pyridine rings is 1. The molecular formula is C17H18N4O3S. The molecule has 130 valence electrons. The van der Waals surface area contributed by atoms with Crippen LogP contribution in [-0.4, -0.2) is 35.3 Å². The highest BCUT2D eigenvalue weighted by atomic mass is 32.2. The third kappa shape index (κ3) is 3.53. The van der Waals surface area contributed by atoms with Gasteiger partial charge in [-0.1, -0.05) is 6.07 Å². The van der Waals surface area contributed by atoms with Crippen LogP contribution in [0.1, 0.15) is 30.2 Å². The van der Waals surface area contributed by atoms with Gasteiger partial charge in [-0.15, -0.1) is 0 Å². The Bertz CT molecular complexity index is 1050. The lowest BCUT2D eigenvalue weighted by atomic mass is 10.2. The number of hydrogen-bond donors (Lipinski definition) is 1. The summed E-state index contributed by atoms with van der Waals surface area (Å²) in [7, 11) is -3.37. The van der Waals surface area contributed by atoms with E-state index in [1.165, 1.54) is 12.1 Å². The first-order valence-corrected chi connectivity index (χ1v) is 9.59. The maximum atomic E-state index is 12.4. The summed E-state index contributed by atoms with van der Waals surface area (Å²) in [5.41, 5.74) is 1.53. The Morgan fingerprint density at radius 1 is 1.20 bits per heavy atom. The first kappa shape index (κ1) is 17.1. The van der Waals surface area contributed by atoms with Crippen molar-refractivity contribution in [1.82, 2.24) is 14.8 Å². The van der Waals surface area contributed by atoms with Gasteiger partial charge < -0.3 is 5.32 Å². The van der Waals surface area contributed by atoms with E-state index in [0.717, 1.165) is 17.3 Å². The lowest BCUT2D eigenvalue weighted by molar-refractivity contribution is 0.102. The van der Waals surface area contributed by atoms with E-state index in [1.54, 1.807) is 35.3 Å². The van der Waals surface area contributed by atoms with Crippen LogP contribution in [0.2, 0.25) is 0 Å². The zero-order valence-corrected chi connectivity index (χ0v) is 14.9. The normalized spacial score (nSPS) is 11.8. The minimum absolute atomic E-state index is 0.104. The second-order valence-electron chi connectivity index (χ2n) is 6.07. The van der Waals surface area contributed by atoms with Gasteiger partial charge >= 0.3 is 0 Å². The summed E-state index contributed by atoms with van der Waals surface area (Å²) in [6.07, 6.45) is 4.36. The van der Waals surface area contributed by atoms with Crippen molar-refractivity contribution < 1.29 is 13.2 Å². The molecular weight excluding hydrogens is 340 g/mol. The summed E-state index contributed by atoms with van der Waals surface area (Å²) in [6.45, 7) is 4.02. The number of nitrogens with zero attached hydrogens (tertiary/aromatic N) is 3. The number of fused-ring (bicyclic) bond motifs is 1. The summed E-state index contributed by atoms with van der Waals surface area (Å²) in [4.78, 5) is 16.8. The SMILES string of the molecule is CC(C)n1ncc2cc(NC(=O)c3cccc(S(C)(=O)=O)c3)cnc21. The third-order valence-corrected chi connectivity index (χ3v) is 4.81. The van der Waals surface area contributed by atoms with Crippen molar-refractivity contribution in [2.45, 2.75) is 24.8 Å². The molecule has 0 bridgehead atoms. The molecule has 8 heteroatoms. The molecule has 0 saturated heterocycles. The van der Waals surface area contributed by atoms with Gasteiger partial charge in [-0.25, -0.2) is 18.1 Å². The van der Waals surface area contributed by atoms with Crippen LogP contribution in [0.3, 0.4) is 0 Å². The molecule has 0 aliphatic carbocycles. The van der Waals surface area contributed by atoms with Gasteiger partial charge in [-0.05, 0) is 38.1 Å². The smallest absolute Gasteiger partial charge is 0.255 e. The van der Waals surface area contributed by atoms with E-state index in [1.807, 2.05) is 13.8 Å². The van der Waals surface area contributed by atoms with Gasteiger partial charge in [0.15, 0.2) is 15.5 Å². The minimum atomic E-state index is -3.37. The molecule has 1 amide bonds. The summed E-state index contributed by atoms with van der Waals surface area (Å²) in [5.74, 6) is -0.400. The largest absolute Gasteiger partial charge is 0.321 e. The monoisotopic (exact) mass is 358 g/mol. The predicted octanol–water partition coefficient (Wildman–Crippen LogP) is 2.67. The maximum absolute atomic E-state index is 12.4. The molecule has 2 heterocycles. The Balaban J connectivity index is 1.87. The van der Waals surface area contributed by atoms with Crippen molar-refractivity contribution in [3.8, 4) is 0 Å². The van der Waals surface area contributed by atoms with E-state index in [2.05, 4.69) is 15.4 Å². The highest BCUT2D eigenvalue weighted by Crippen LogP contribution is 2.20. The molecule has 0 aliphatic heterocycles. The van der Waals surface area contributed by atoms with E-state index in [4.69, 9.17) is 0 Å². The first-order valence-electron chi connectivity index (χ1n) is 7.70. The lowest BCUT2D eigenvalue weighted by Gasteiger charge is -2.08. The van der Waals surface area contributed by atoms with Crippen molar-refractivity contribution in [1.29, 1.82) is 0 Å². The van der Waals surface area contributed by atoms with Crippen molar-refractivity contribution >= 4 is 32.5 Å². The fourth-order valence-corrected chi connectivity index (χ4v) is 3.12. The fourth-order valence-electron chi connectivity index (χ4n) is 2.46. The van der Waals surface area contributed by atoms with E-state index in [0.29, 0.717) is 5.69 Å². The average molecular weight is 358 g/mol.